The summed E-state index contributed by atoms with van der Waals surface area (Å²) < 4.78 is 0. The van der Waals surface area contributed by atoms with E-state index in [1.54, 1.807) is 24.3 Å². The number of non-ortho nitro benzene ring substituents is 1. The van der Waals surface area contributed by atoms with Crippen LogP contribution in [0.15, 0.2) is 48.7 Å². The zero-order valence-corrected chi connectivity index (χ0v) is 17.1. The molecule has 0 aliphatic rings. The van der Waals surface area contributed by atoms with Crippen molar-refractivity contribution in [2.45, 2.75) is 19.4 Å². The molecule has 0 bridgehead atoms. The third-order valence-corrected chi connectivity index (χ3v) is 4.72. The number of halogens is 2. The number of nitro benzene ring substituents is 1. The Morgan fingerprint density at radius 2 is 1.77 bits per heavy atom. The van der Waals surface area contributed by atoms with E-state index >= 15 is 0 Å². The van der Waals surface area contributed by atoms with Crippen LogP contribution in [0.3, 0.4) is 0 Å². The number of nitrogens with one attached hydrogen (secondary N) is 1. The number of hydrogen-bond acceptors (Lipinski definition) is 7. The maximum absolute atomic E-state index is 11.4. The van der Waals surface area contributed by atoms with Gasteiger partial charge in [0.05, 0.1) is 15.6 Å². The van der Waals surface area contributed by atoms with Crippen molar-refractivity contribution in [1.82, 2.24) is 9.97 Å². The predicted molar refractivity (Wildman–Crippen MR) is 114 cm³/mol. The maximum Gasteiger partial charge on any atom is 0.390 e. The van der Waals surface area contributed by atoms with E-state index < -0.39 is 15.7 Å². The number of aromatic nitrogens is 2. The molecule has 11 heteroatoms. The first-order valence-electron chi connectivity index (χ1n) is 8.71. The fraction of sp³-hybridized carbons (Fsp3) is 0.158. The number of benzene rings is 2. The smallest absolute Gasteiger partial charge is 0.382 e. The van der Waals surface area contributed by atoms with Gasteiger partial charge in [-0.1, -0.05) is 23.2 Å². The molecular weight excluding hydrogens is 433 g/mol. The lowest BCUT2D eigenvalue weighted by Gasteiger charge is -2.15. The van der Waals surface area contributed by atoms with E-state index in [1.165, 1.54) is 24.4 Å². The van der Waals surface area contributed by atoms with Gasteiger partial charge >= 0.3 is 5.82 Å². The first-order valence-corrected chi connectivity index (χ1v) is 9.47. The van der Waals surface area contributed by atoms with E-state index in [4.69, 9.17) is 23.2 Å². The summed E-state index contributed by atoms with van der Waals surface area (Å²) in [7, 11) is 0. The van der Waals surface area contributed by atoms with Crippen LogP contribution in [0.25, 0.3) is 11.3 Å². The van der Waals surface area contributed by atoms with E-state index in [1.807, 2.05) is 6.92 Å². The molecule has 1 unspecified atom stereocenters. The SMILES string of the molecule is CC(Cc1cnc([N+](=O)[O-])c(-c2ccc(Cl)cc2Cl)n1)Nc1ccc([N+](=O)[O-])cc1. The number of nitrogens with zero attached hydrogens (tertiary/aromatic N) is 4. The summed E-state index contributed by atoms with van der Waals surface area (Å²) in [6.45, 7) is 1.89. The zero-order chi connectivity index (χ0) is 21.8. The second kappa shape index (κ2) is 9.02. The minimum atomic E-state index is -0.615. The van der Waals surface area contributed by atoms with Gasteiger partial charge < -0.3 is 15.4 Å². The van der Waals surface area contributed by atoms with Gasteiger partial charge in [0.1, 0.15) is 0 Å². The molecule has 0 aliphatic carbocycles. The highest BCUT2D eigenvalue weighted by Crippen LogP contribution is 2.33. The molecule has 0 aliphatic heterocycles. The lowest BCUT2D eigenvalue weighted by molar-refractivity contribution is -0.389. The quantitative estimate of drug-likeness (QED) is 0.384. The normalized spacial score (nSPS) is 11.7. The Labute approximate surface area is 181 Å². The van der Waals surface area contributed by atoms with Crippen molar-refractivity contribution < 1.29 is 9.85 Å². The lowest BCUT2D eigenvalue weighted by Crippen LogP contribution is -2.19. The highest BCUT2D eigenvalue weighted by molar-refractivity contribution is 6.36. The minimum Gasteiger partial charge on any atom is -0.382 e. The Hall–Kier alpha value is -3.30. The van der Waals surface area contributed by atoms with Gasteiger partial charge in [-0.2, -0.15) is 0 Å². The highest BCUT2D eigenvalue weighted by atomic mass is 35.5. The maximum atomic E-state index is 11.4. The molecule has 30 heavy (non-hydrogen) atoms. The predicted octanol–water partition coefficient (Wildman–Crippen LogP) is 5.31. The topological polar surface area (TPSA) is 124 Å². The molecule has 9 nitrogen and oxygen atoms in total. The molecule has 3 aromatic rings. The van der Waals surface area contributed by atoms with E-state index in [2.05, 4.69) is 15.3 Å². The van der Waals surface area contributed by atoms with Crippen LogP contribution in [0.4, 0.5) is 17.2 Å². The standard InChI is InChI=1S/C19H15Cl2N5O4/c1-11(23-13-3-5-15(6-4-13)25(27)28)8-14-10-22-19(26(29)30)18(24-14)16-7-2-12(20)9-17(16)21/h2-7,9-11,23H,8H2,1H3. The van der Waals surface area contributed by atoms with Crippen molar-refractivity contribution in [3.8, 4) is 11.3 Å². The summed E-state index contributed by atoms with van der Waals surface area (Å²) in [5.41, 5.74) is 1.63. The minimum absolute atomic E-state index is 0.000997. The molecule has 0 amide bonds. The first kappa shape index (κ1) is 21.4. The summed E-state index contributed by atoms with van der Waals surface area (Å²) in [5.74, 6) is -0.404. The van der Waals surface area contributed by atoms with Crippen LogP contribution in [0, 0.1) is 20.2 Å². The number of anilines is 1. The molecule has 1 heterocycles. The molecule has 0 saturated carbocycles. The molecule has 1 atom stereocenters. The Balaban J connectivity index is 1.84. The summed E-state index contributed by atoms with van der Waals surface area (Å²) >= 11 is 12.1. The number of nitro groups is 2. The van der Waals surface area contributed by atoms with Crippen molar-refractivity contribution in [3.05, 3.63) is 84.6 Å². The average molecular weight is 448 g/mol. The van der Waals surface area contributed by atoms with Gasteiger partial charge in [-0.05, 0) is 47.2 Å². The van der Waals surface area contributed by atoms with Gasteiger partial charge in [0.25, 0.3) is 5.69 Å². The zero-order valence-electron chi connectivity index (χ0n) is 15.6. The number of hydrogen-bond donors (Lipinski definition) is 1. The van der Waals surface area contributed by atoms with Gasteiger partial charge in [0.15, 0.2) is 11.9 Å². The Morgan fingerprint density at radius 3 is 2.37 bits per heavy atom. The largest absolute Gasteiger partial charge is 0.390 e. The average Bonchev–Trinajstić information content (AvgIpc) is 2.68. The molecule has 3 rings (SSSR count). The monoisotopic (exact) mass is 447 g/mol. The molecular formula is C19H15Cl2N5O4. The van der Waals surface area contributed by atoms with Crippen LogP contribution in [0.1, 0.15) is 12.6 Å². The first-order chi connectivity index (χ1) is 14.2. The van der Waals surface area contributed by atoms with E-state index in [-0.39, 0.29) is 22.4 Å². The molecule has 0 radical (unpaired) electrons. The Kier molecular flexibility index (Phi) is 6.43. The van der Waals surface area contributed by atoms with Gasteiger partial charge in [0, 0.05) is 40.9 Å². The molecule has 1 N–H and O–H groups in total. The van der Waals surface area contributed by atoms with E-state index in [0.717, 1.165) is 0 Å². The number of rotatable bonds is 7. The summed E-state index contributed by atoms with van der Waals surface area (Å²) in [6, 6.07) is 10.5. The fourth-order valence-corrected chi connectivity index (χ4v) is 3.34. The molecule has 0 fully saturated rings. The fourth-order valence-electron chi connectivity index (χ4n) is 2.84. The van der Waals surface area contributed by atoms with Gasteiger partial charge in [-0.15, -0.1) is 0 Å². The summed E-state index contributed by atoms with van der Waals surface area (Å²) in [6.07, 6.45) is 1.75. The molecule has 2 aromatic carbocycles. The van der Waals surface area contributed by atoms with Gasteiger partial charge in [0.2, 0.25) is 0 Å². The van der Waals surface area contributed by atoms with Crippen molar-refractivity contribution in [3.63, 3.8) is 0 Å². The van der Waals surface area contributed by atoms with Crippen LogP contribution < -0.4 is 5.32 Å². The second-order valence-corrected chi connectivity index (χ2v) is 7.31. The molecule has 0 spiro atoms. The van der Waals surface area contributed by atoms with Crippen molar-refractivity contribution in [2.24, 2.45) is 0 Å². The molecule has 1 aromatic heterocycles. The van der Waals surface area contributed by atoms with Crippen molar-refractivity contribution >= 4 is 40.4 Å². The summed E-state index contributed by atoms with van der Waals surface area (Å²) in [5, 5.41) is 26.0. The highest BCUT2D eigenvalue weighted by Gasteiger charge is 2.22. The molecule has 0 saturated heterocycles. The van der Waals surface area contributed by atoms with Crippen LogP contribution in [-0.2, 0) is 6.42 Å². The van der Waals surface area contributed by atoms with Crippen molar-refractivity contribution in [1.29, 1.82) is 0 Å². The van der Waals surface area contributed by atoms with E-state index in [0.29, 0.717) is 28.4 Å². The van der Waals surface area contributed by atoms with Gasteiger partial charge in [-0.25, -0.2) is 4.98 Å². The Bertz CT molecular complexity index is 1110. The Morgan fingerprint density at radius 1 is 1.07 bits per heavy atom. The van der Waals surface area contributed by atoms with Crippen LogP contribution in [0.2, 0.25) is 10.0 Å². The summed E-state index contributed by atoms with van der Waals surface area (Å²) in [4.78, 5) is 29.4. The van der Waals surface area contributed by atoms with Crippen LogP contribution in [-0.4, -0.2) is 25.9 Å². The van der Waals surface area contributed by atoms with Crippen LogP contribution >= 0.6 is 23.2 Å². The third-order valence-electron chi connectivity index (χ3n) is 4.17. The van der Waals surface area contributed by atoms with Crippen LogP contribution in [0.5, 0.6) is 0 Å². The van der Waals surface area contributed by atoms with E-state index in [9.17, 15) is 20.2 Å². The third kappa shape index (κ3) is 5.00. The van der Waals surface area contributed by atoms with Crippen molar-refractivity contribution in [2.75, 3.05) is 5.32 Å². The second-order valence-electron chi connectivity index (χ2n) is 6.47. The van der Waals surface area contributed by atoms with Gasteiger partial charge in [-0.3, -0.25) is 10.1 Å². The molecule has 154 valence electrons. The lowest BCUT2D eigenvalue weighted by atomic mass is 10.1.